The minimum Gasteiger partial charge on any atom is -0.339 e. The van der Waals surface area contributed by atoms with E-state index in [0.29, 0.717) is 19.5 Å². The van der Waals surface area contributed by atoms with E-state index in [1.807, 2.05) is 25.1 Å². The molecule has 5 rings (SSSR count). The third-order valence-electron chi connectivity index (χ3n) is 7.48. The van der Waals surface area contributed by atoms with Gasteiger partial charge in [-0.05, 0) is 18.8 Å². The topological polar surface area (TPSA) is 85.8 Å². The normalized spacial score (nSPS) is 25.7. The Balaban J connectivity index is 1.13. The number of hydrogen-bond acceptors (Lipinski definition) is 6. The van der Waals surface area contributed by atoms with Gasteiger partial charge in [-0.25, -0.2) is 9.78 Å². The highest BCUT2D eigenvalue weighted by Gasteiger charge is 2.55. The summed E-state index contributed by atoms with van der Waals surface area (Å²) in [5, 5.41) is 6.04. The number of piperazine rings is 1. The first-order chi connectivity index (χ1) is 16.5. The summed E-state index contributed by atoms with van der Waals surface area (Å²) in [5.41, 5.74) is 1.34. The van der Waals surface area contributed by atoms with Crippen LogP contribution in [0, 0.1) is 5.92 Å². The van der Waals surface area contributed by atoms with E-state index < -0.39 is 11.6 Å². The second-order valence-electron chi connectivity index (χ2n) is 9.61. The minimum absolute atomic E-state index is 0.0921. The number of nitrogens with one attached hydrogen (secondary N) is 1. The maximum atomic E-state index is 13.1. The monoisotopic (exact) mass is 481 g/mol. The van der Waals surface area contributed by atoms with E-state index in [9.17, 15) is 14.4 Å². The van der Waals surface area contributed by atoms with Crippen molar-refractivity contribution in [3.05, 3.63) is 41.4 Å². The third kappa shape index (κ3) is 4.34. The molecule has 1 spiro atoms. The predicted molar refractivity (Wildman–Crippen MR) is 130 cm³/mol. The number of amides is 4. The van der Waals surface area contributed by atoms with Crippen LogP contribution in [0.1, 0.15) is 38.3 Å². The third-order valence-corrected chi connectivity index (χ3v) is 8.42. The van der Waals surface area contributed by atoms with Crippen molar-refractivity contribution < 1.29 is 14.4 Å². The van der Waals surface area contributed by atoms with E-state index in [-0.39, 0.29) is 24.3 Å². The van der Waals surface area contributed by atoms with E-state index in [4.69, 9.17) is 4.98 Å². The van der Waals surface area contributed by atoms with Crippen molar-refractivity contribution in [1.82, 2.24) is 25.0 Å². The molecule has 2 atom stereocenters. The molecule has 1 N–H and O–H groups in total. The summed E-state index contributed by atoms with van der Waals surface area (Å²) in [7, 11) is 0. The van der Waals surface area contributed by atoms with Crippen LogP contribution in [0.15, 0.2) is 35.7 Å². The number of thiazole rings is 1. The molecule has 2 saturated heterocycles. The summed E-state index contributed by atoms with van der Waals surface area (Å²) in [6, 6.07) is 9.73. The smallest absolute Gasteiger partial charge is 0.325 e. The van der Waals surface area contributed by atoms with Crippen LogP contribution >= 0.6 is 11.3 Å². The average molecular weight is 482 g/mol. The Morgan fingerprint density at radius 3 is 2.65 bits per heavy atom. The Labute approximate surface area is 203 Å². The Morgan fingerprint density at radius 2 is 1.91 bits per heavy atom. The number of benzene rings is 1. The molecule has 1 aromatic carbocycles. The maximum absolute atomic E-state index is 13.1. The fraction of sp³-hybridized carbons (Fsp3) is 0.520. The first kappa shape index (κ1) is 23.0. The van der Waals surface area contributed by atoms with Crippen molar-refractivity contribution in [2.45, 2.75) is 44.7 Å². The van der Waals surface area contributed by atoms with E-state index >= 15 is 0 Å². The lowest BCUT2D eigenvalue weighted by molar-refractivity contribution is -0.141. The van der Waals surface area contributed by atoms with Gasteiger partial charge in [0.2, 0.25) is 5.91 Å². The molecule has 34 heavy (non-hydrogen) atoms. The fourth-order valence-corrected chi connectivity index (χ4v) is 6.17. The number of hydrogen-bond donors (Lipinski definition) is 1. The van der Waals surface area contributed by atoms with Gasteiger partial charge in [0.25, 0.3) is 5.91 Å². The molecule has 4 amide bonds. The molecular weight excluding hydrogens is 450 g/mol. The van der Waals surface area contributed by atoms with Gasteiger partial charge in [0.1, 0.15) is 17.1 Å². The SMILES string of the molecule is CC1CCCCC12NC(=O)N(CC(=O)N1CCN(Cc3csc(-c4ccccc4)n3)CC1)C2=O. The van der Waals surface area contributed by atoms with Crippen LogP contribution in [0.4, 0.5) is 4.79 Å². The van der Waals surface area contributed by atoms with Gasteiger partial charge in [-0.1, -0.05) is 50.1 Å². The highest BCUT2D eigenvalue weighted by molar-refractivity contribution is 7.13. The van der Waals surface area contributed by atoms with Crippen molar-refractivity contribution >= 4 is 29.2 Å². The summed E-state index contributed by atoms with van der Waals surface area (Å²) in [6.45, 7) is 5.24. The summed E-state index contributed by atoms with van der Waals surface area (Å²) in [6.07, 6.45) is 3.57. The number of imide groups is 1. The van der Waals surface area contributed by atoms with Crippen LogP contribution in [0.3, 0.4) is 0 Å². The van der Waals surface area contributed by atoms with Gasteiger partial charge in [-0.15, -0.1) is 11.3 Å². The molecule has 3 aliphatic rings. The molecule has 2 aliphatic heterocycles. The predicted octanol–water partition coefficient (Wildman–Crippen LogP) is 2.96. The Morgan fingerprint density at radius 1 is 1.15 bits per heavy atom. The molecule has 1 saturated carbocycles. The number of carbonyl (C=O) groups excluding carboxylic acids is 3. The molecule has 1 aliphatic carbocycles. The van der Waals surface area contributed by atoms with Crippen molar-refractivity contribution in [1.29, 1.82) is 0 Å². The number of aromatic nitrogens is 1. The van der Waals surface area contributed by atoms with E-state index in [0.717, 1.165) is 60.1 Å². The molecule has 1 aromatic heterocycles. The fourth-order valence-electron chi connectivity index (χ4n) is 5.35. The largest absolute Gasteiger partial charge is 0.339 e. The van der Waals surface area contributed by atoms with Crippen molar-refractivity contribution in [3.8, 4) is 10.6 Å². The molecule has 3 fully saturated rings. The van der Waals surface area contributed by atoms with Crippen molar-refractivity contribution in [2.75, 3.05) is 32.7 Å². The summed E-state index contributed by atoms with van der Waals surface area (Å²) in [4.78, 5) is 48.6. The van der Waals surface area contributed by atoms with E-state index in [1.54, 1.807) is 16.2 Å². The van der Waals surface area contributed by atoms with Crippen LogP contribution in [0.2, 0.25) is 0 Å². The van der Waals surface area contributed by atoms with Crippen LogP contribution in [-0.4, -0.2) is 75.8 Å². The maximum Gasteiger partial charge on any atom is 0.325 e. The molecule has 3 heterocycles. The molecule has 0 bridgehead atoms. The van der Waals surface area contributed by atoms with Gasteiger partial charge >= 0.3 is 6.03 Å². The Kier molecular flexibility index (Phi) is 6.40. The molecule has 180 valence electrons. The first-order valence-electron chi connectivity index (χ1n) is 12.1. The van der Waals surface area contributed by atoms with Gasteiger partial charge in [0.05, 0.1) is 5.69 Å². The summed E-state index contributed by atoms with van der Waals surface area (Å²) < 4.78 is 0. The highest BCUT2D eigenvalue weighted by atomic mass is 32.1. The van der Waals surface area contributed by atoms with Gasteiger partial charge in [0, 0.05) is 43.7 Å². The van der Waals surface area contributed by atoms with Gasteiger partial charge in [-0.2, -0.15) is 0 Å². The van der Waals surface area contributed by atoms with Crippen molar-refractivity contribution in [2.24, 2.45) is 5.92 Å². The Hall–Kier alpha value is -2.78. The standard InChI is InChI=1S/C25H31N5O3S/c1-18-7-5-6-10-25(18)23(32)30(24(33)27-25)16-21(31)29-13-11-28(12-14-29)15-20-17-34-22(26-20)19-8-3-2-4-9-19/h2-4,8-9,17-18H,5-7,10-16H2,1H3,(H,27,33). The first-order valence-corrected chi connectivity index (χ1v) is 13.0. The zero-order chi connectivity index (χ0) is 23.7. The van der Waals surface area contributed by atoms with Crippen LogP contribution in [0.5, 0.6) is 0 Å². The minimum atomic E-state index is -0.819. The van der Waals surface area contributed by atoms with E-state index in [2.05, 4.69) is 27.7 Å². The second-order valence-corrected chi connectivity index (χ2v) is 10.5. The quantitative estimate of drug-likeness (QED) is 0.664. The molecule has 9 heteroatoms. The zero-order valence-corrected chi connectivity index (χ0v) is 20.4. The van der Waals surface area contributed by atoms with Crippen molar-refractivity contribution in [3.63, 3.8) is 0 Å². The second kappa shape index (κ2) is 9.46. The number of urea groups is 1. The van der Waals surface area contributed by atoms with Gasteiger partial charge in [-0.3, -0.25) is 19.4 Å². The average Bonchev–Trinajstić information content (AvgIpc) is 3.41. The zero-order valence-electron chi connectivity index (χ0n) is 19.5. The molecule has 0 radical (unpaired) electrons. The number of nitrogens with zero attached hydrogens (tertiary/aromatic N) is 4. The van der Waals surface area contributed by atoms with Gasteiger partial charge in [0.15, 0.2) is 0 Å². The van der Waals surface area contributed by atoms with Crippen LogP contribution in [0.25, 0.3) is 10.6 Å². The van der Waals surface area contributed by atoms with E-state index in [1.165, 1.54) is 0 Å². The number of rotatable bonds is 5. The van der Waals surface area contributed by atoms with Crippen LogP contribution in [-0.2, 0) is 16.1 Å². The molecule has 2 aromatic rings. The van der Waals surface area contributed by atoms with Gasteiger partial charge < -0.3 is 10.2 Å². The molecular formula is C25H31N5O3S. The highest BCUT2D eigenvalue weighted by Crippen LogP contribution is 2.38. The Bertz CT molecular complexity index is 1070. The van der Waals surface area contributed by atoms with Crippen LogP contribution < -0.4 is 5.32 Å². The lowest BCUT2D eigenvalue weighted by atomic mass is 9.73. The number of carbonyl (C=O) groups is 3. The molecule has 8 nitrogen and oxygen atoms in total. The summed E-state index contributed by atoms with van der Waals surface area (Å²) in [5.74, 6) is -0.299. The molecule has 2 unspecified atom stereocenters. The lowest BCUT2D eigenvalue weighted by Crippen LogP contribution is -2.54. The lowest BCUT2D eigenvalue weighted by Gasteiger charge is -2.37. The summed E-state index contributed by atoms with van der Waals surface area (Å²) >= 11 is 1.65.